The number of hydrogen-bond acceptors (Lipinski definition) is 3. The van der Waals surface area contributed by atoms with Crippen molar-refractivity contribution >= 4 is 21.6 Å². The number of nitrogens with zero attached hydrogens (tertiary/aromatic N) is 4. The van der Waals surface area contributed by atoms with Gasteiger partial charge in [-0.3, -0.25) is 9.38 Å². The summed E-state index contributed by atoms with van der Waals surface area (Å²) in [7, 11) is 0. The highest BCUT2D eigenvalue weighted by atomic mass is 79.9. The second kappa shape index (κ2) is 4.38. The lowest BCUT2D eigenvalue weighted by Gasteiger charge is -1.99. The van der Waals surface area contributed by atoms with Gasteiger partial charge in [-0.1, -0.05) is 6.07 Å². The van der Waals surface area contributed by atoms with E-state index >= 15 is 0 Å². The molecule has 0 fully saturated rings. The molecule has 0 bridgehead atoms. The van der Waals surface area contributed by atoms with Crippen LogP contribution in [0.4, 0.5) is 0 Å². The number of aromatic nitrogens is 4. The van der Waals surface area contributed by atoms with E-state index in [4.69, 9.17) is 0 Å². The molecule has 90 valence electrons. The predicted octanol–water partition coefficient (Wildman–Crippen LogP) is 1.70. The van der Waals surface area contributed by atoms with E-state index in [0.717, 1.165) is 10.0 Å². The van der Waals surface area contributed by atoms with Crippen LogP contribution in [0, 0.1) is 0 Å². The highest BCUT2D eigenvalue weighted by molar-refractivity contribution is 9.10. The molecule has 0 atom stereocenters. The lowest BCUT2D eigenvalue weighted by Crippen LogP contribution is -2.21. The summed E-state index contributed by atoms with van der Waals surface area (Å²) in [5.41, 5.74) is 1.42. The molecular formula is C12H9BrN4O. The maximum atomic E-state index is 12.0. The van der Waals surface area contributed by atoms with Crippen molar-refractivity contribution in [3.63, 3.8) is 0 Å². The van der Waals surface area contributed by atoms with Crippen LogP contribution in [-0.2, 0) is 6.54 Å². The minimum atomic E-state index is -0.148. The number of halogens is 1. The van der Waals surface area contributed by atoms with E-state index in [1.807, 2.05) is 12.1 Å². The quantitative estimate of drug-likeness (QED) is 0.724. The molecule has 0 aromatic carbocycles. The molecule has 3 aromatic heterocycles. The van der Waals surface area contributed by atoms with Gasteiger partial charge in [-0.25, -0.2) is 9.48 Å². The molecule has 0 aliphatic carbocycles. The van der Waals surface area contributed by atoms with E-state index in [9.17, 15) is 4.79 Å². The maximum absolute atomic E-state index is 12.0. The van der Waals surface area contributed by atoms with Gasteiger partial charge < -0.3 is 0 Å². The molecule has 0 saturated carbocycles. The average molecular weight is 305 g/mol. The van der Waals surface area contributed by atoms with E-state index < -0.39 is 0 Å². The van der Waals surface area contributed by atoms with Crippen molar-refractivity contribution in [3.05, 3.63) is 63.4 Å². The summed E-state index contributed by atoms with van der Waals surface area (Å²) in [6.07, 6.45) is 5.14. The van der Waals surface area contributed by atoms with Crippen molar-refractivity contribution in [2.45, 2.75) is 6.54 Å². The molecule has 6 heteroatoms. The van der Waals surface area contributed by atoms with Crippen molar-refractivity contribution in [3.8, 4) is 0 Å². The maximum Gasteiger partial charge on any atom is 0.350 e. The smallest absolute Gasteiger partial charge is 0.263 e. The van der Waals surface area contributed by atoms with Gasteiger partial charge in [0.2, 0.25) is 0 Å². The van der Waals surface area contributed by atoms with Crippen molar-refractivity contribution in [2.75, 3.05) is 0 Å². The van der Waals surface area contributed by atoms with E-state index in [2.05, 4.69) is 26.0 Å². The van der Waals surface area contributed by atoms with E-state index in [1.165, 1.54) is 9.08 Å². The highest BCUT2D eigenvalue weighted by Crippen LogP contribution is 2.10. The van der Waals surface area contributed by atoms with Crippen LogP contribution in [0.1, 0.15) is 5.56 Å². The SMILES string of the molecule is O=c1n(Cc2cncc(Br)c2)nc2ccccn12. The van der Waals surface area contributed by atoms with Gasteiger partial charge in [-0.15, -0.1) is 5.10 Å². The van der Waals surface area contributed by atoms with Gasteiger partial charge in [0.15, 0.2) is 5.65 Å². The van der Waals surface area contributed by atoms with Crippen LogP contribution in [0.5, 0.6) is 0 Å². The molecule has 0 saturated heterocycles. The Labute approximate surface area is 111 Å². The fourth-order valence-electron chi connectivity index (χ4n) is 1.79. The van der Waals surface area contributed by atoms with E-state index in [-0.39, 0.29) is 5.69 Å². The molecule has 3 heterocycles. The summed E-state index contributed by atoms with van der Waals surface area (Å²) in [6, 6.07) is 7.38. The first-order valence-electron chi connectivity index (χ1n) is 5.38. The molecule has 3 rings (SSSR count). The van der Waals surface area contributed by atoms with Crippen LogP contribution in [-0.4, -0.2) is 19.2 Å². The zero-order chi connectivity index (χ0) is 12.5. The van der Waals surface area contributed by atoms with Gasteiger partial charge in [0.25, 0.3) is 0 Å². The number of rotatable bonds is 2. The summed E-state index contributed by atoms with van der Waals surface area (Å²) in [5, 5.41) is 4.26. The van der Waals surface area contributed by atoms with Gasteiger partial charge in [0.1, 0.15) is 0 Å². The summed E-state index contributed by atoms with van der Waals surface area (Å²) in [5.74, 6) is 0. The third-order valence-corrected chi connectivity index (χ3v) is 3.02. The summed E-state index contributed by atoms with van der Waals surface area (Å²) in [4.78, 5) is 16.1. The monoisotopic (exact) mass is 304 g/mol. The summed E-state index contributed by atoms with van der Waals surface area (Å²) < 4.78 is 3.83. The lowest BCUT2D eigenvalue weighted by atomic mass is 10.3. The van der Waals surface area contributed by atoms with Gasteiger partial charge in [0, 0.05) is 23.1 Å². The van der Waals surface area contributed by atoms with Crippen LogP contribution in [0.25, 0.3) is 5.65 Å². The second-order valence-electron chi connectivity index (χ2n) is 3.88. The molecular weight excluding hydrogens is 296 g/mol. The molecule has 0 N–H and O–H groups in total. The Morgan fingerprint density at radius 1 is 1.28 bits per heavy atom. The molecule has 0 amide bonds. The first kappa shape index (κ1) is 11.2. The Kier molecular flexibility index (Phi) is 2.71. The zero-order valence-electron chi connectivity index (χ0n) is 9.32. The van der Waals surface area contributed by atoms with Crippen molar-refractivity contribution in [1.82, 2.24) is 19.2 Å². The van der Waals surface area contributed by atoms with Crippen LogP contribution in [0.2, 0.25) is 0 Å². The first-order valence-corrected chi connectivity index (χ1v) is 6.17. The summed E-state index contributed by atoms with van der Waals surface area (Å²) >= 11 is 3.35. The normalized spacial score (nSPS) is 10.9. The fourth-order valence-corrected chi connectivity index (χ4v) is 2.20. The van der Waals surface area contributed by atoms with Crippen LogP contribution >= 0.6 is 15.9 Å². The minimum Gasteiger partial charge on any atom is -0.263 e. The van der Waals surface area contributed by atoms with Gasteiger partial charge in [-0.05, 0) is 39.7 Å². The van der Waals surface area contributed by atoms with Crippen molar-refractivity contribution in [2.24, 2.45) is 0 Å². The van der Waals surface area contributed by atoms with Crippen molar-refractivity contribution in [1.29, 1.82) is 0 Å². The third-order valence-electron chi connectivity index (χ3n) is 2.58. The van der Waals surface area contributed by atoms with Crippen molar-refractivity contribution < 1.29 is 0 Å². The van der Waals surface area contributed by atoms with E-state index in [1.54, 1.807) is 30.7 Å². The Bertz CT molecular complexity index is 762. The highest BCUT2D eigenvalue weighted by Gasteiger charge is 2.06. The largest absolute Gasteiger partial charge is 0.350 e. The molecule has 0 spiro atoms. The average Bonchev–Trinajstić information content (AvgIpc) is 2.67. The standard InChI is InChI=1S/C12H9BrN4O/c13-10-5-9(6-14-7-10)8-17-12(18)16-4-2-1-3-11(16)15-17/h1-7H,8H2. The first-order chi connectivity index (χ1) is 8.74. The van der Waals surface area contributed by atoms with Crippen LogP contribution < -0.4 is 5.69 Å². The topological polar surface area (TPSA) is 52.2 Å². The third kappa shape index (κ3) is 1.95. The Morgan fingerprint density at radius 3 is 2.94 bits per heavy atom. The summed E-state index contributed by atoms with van der Waals surface area (Å²) in [6.45, 7) is 0.410. The minimum absolute atomic E-state index is 0.148. The number of fused-ring (bicyclic) bond motifs is 1. The number of pyridine rings is 2. The second-order valence-corrected chi connectivity index (χ2v) is 4.80. The molecule has 0 unspecified atom stereocenters. The van der Waals surface area contributed by atoms with Gasteiger partial charge >= 0.3 is 5.69 Å². The van der Waals surface area contributed by atoms with Gasteiger partial charge in [0.05, 0.1) is 6.54 Å². The predicted molar refractivity (Wildman–Crippen MR) is 70.5 cm³/mol. The Balaban J connectivity index is 2.05. The number of hydrogen-bond donors (Lipinski definition) is 0. The molecule has 3 aromatic rings. The molecule has 5 nitrogen and oxygen atoms in total. The molecule has 0 aliphatic rings. The molecule has 0 aliphatic heterocycles. The fraction of sp³-hybridized carbons (Fsp3) is 0.0833. The van der Waals surface area contributed by atoms with E-state index in [0.29, 0.717) is 12.2 Å². The van der Waals surface area contributed by atoms with Gasteiger partial charge in [-0.2, -0.15) is 0 Å². The van der Waals surface area contributed by atoms with Crippen LogP contribution in [0.15, 0.2) is 52.1 Å². The molecule has 18 heavy (non-hydrogen) atoms. The molecule has 0 radical (unpaired) electrons. The Morgan fingerprint density at radius 2 is 2.17 bits per heavy atom. The van der Waals surface area contributed by atoms with Crippen LogP contribution in [0.3, 0.4) is 0 Å². The Hall–Kier alpha value is -1.95. The zero-order valence-corrected chi connectivity index (χ0v) is 10.9. The lowest BCUT2D eigenvalue weighted by molar-refractivity contribution is 0.656.